The zero-order chi connectivity index (χ0) is 24.3. The smallest absolute Gasteiger partial charge is 0.338 e. The summed E-state index contributed by atoms with van der Waals surface area (Å²) in [6.45, 7) is 5.76. The number of ether oxygens (including phenoxy) is 1. The van der Waals surface area contributed by atoms with Gasteiger partial charge in [0.05, 0.1) is 18.2 Å². The highest BCUT2D eigenvalue weighted by molar-refractivity contribution is 5.98. The lowest BCUT2D eigenvalue weighted by Crippen LogP contribution is -2.51. The summed E-state index contributed by atoms with van der Waals surface area (Å²) < 4.78 is 5.29. The first-order valence-electron chi connectivity index (χ1n) is 11.3. The minimum absolute atomic E-state index is 0.244. The number of nitrogens with zero attached hydrogens (tertiary/aromatic N) is 2. The summed E-state index contributed by atoms with van der Waals surface area (Å²) in [4.78, 5) is 28.2. The molecule has 1 aliphatic rings. The van der Waals surface area contributed by atoms with Crippen LogP contribution in [0.1, 0.15) is 62.7 Å². The summed E-state index contributed by atoms with van der Waals surface area (Å²) in [5, 5.41) is 10.8. The molecule has 0 bridgehead atoms. The molecule has 0 spiro atoms. The van der Waals surface area contributed by atoms with Crippen LogP contribution in [0.2, 0.25) is 0 Å². The minimum Gasteiger partial charge on any atom is -0.462 e. The summed E-state index contributed by atoms with van der Waals surface area (Å²) in [5.41, 5.74) is 2.58. The van der Waals surface area contributed by atoms with Gasteiger partial charge >= 0.3 is 5.97 Å². The maximum Gasteiger partial charge on any atom is 0.338 e. The Morgan fingerprint density at radius 2 is 1.65 bits per heavy atom. The van der Waals surface area contributed by atoms with Gasteiger partial charge in [0, 0.05) is 23.2 Å². The van der Waals surface area contributed by atoms with Crippen molar-refractivity contribution in [3.8, 4) is 6.07 Å². The number of hydrogen-bond donors (Lipinski definition) is 0. The second kappa shape index (κ2) is 9.36. The third kappa shape index (κ3) is 3.68. The van der Waals surface area contributed by atoms with Crippen molar-refractivity contribution in [1.29, 1.82) is 5.26 Å². The van der Waals surface area contributed by atoms with Crippen molar-refractivity contribution >= 4 is 18.0 Å². The molecule has 0 aromatic heterocycles. The molecular formula is C29H26N2O3. The van der Waals surface area contributed by atoms with Gasteiger partial charge in [-0.25, -0.2) is 4.79 Å². The van der Waals surface area contributed by atoms with Gasteiger partial charge in [-0.2, -0.15) is 5.26 Å². The number of fused-ring (bicyclic) bond motifs is 1. The van der Waals surface area contributed by atoms with Crippen LogP contribution in [0, 0.1) is 18.3 Å². The van der Waals surface area contributed by atoms with Crippen LogP contribution in [-0.2, 0) is 10.3 Å². The van der Waals surface area contributed by atoms with E-state index < -0.39 is 17.4 Å². The van der Waals surface area contributed by atoms with E-state index in [2.05, 4.69) is 6.07 Å². The number of carbonyl (C=O) groups is 2. The number of amides is 1. The molecule has 2 atom stereocenters. The molecule has 1 amide bonds. The Labute approximate surface area is 199 Å². The van der Waals surface area contributed by atoms with Crippen molar-refractivity contribution < 1.29 is 14.3 Å². The fraction of sp³-hybridized carbons (Fsp3) is 0.207. The van der Waals surface area contributed by atoms with Gasteiger partial charge in [-0.3, -0.25) is 9.69 Å². The molecule has 3 aromatic rings. The lowest BCUT2D eigenvalue weighted by molar-refractivity contribution is 0.0522. The van der Waals surface area contributed by atoms with Crippen LogP contribution in [0.5, 0.6) is 0 Å². The van der Waals surface area contributed by atoms with Crippen LogP contribution >= 0.6 is 0 Å². The van der Waals surface area contributed by atoms with E-state index >= 15 is 0 Å². The van der Waals surface area contributed by atoms with Crippen molar-refractivity contribution in [2.75, 3.05) is 6.61 Å². The average Bonchev–Trinajstić information content (AvgIpc) is 2.87. The fourth-order valence-corrected chi connectivity index (χ4v) is 4.71. The van der Waals surface area contributed by atoms with Gasteiger partial charge in [0.2, 0.25) is 0 Å². The molecule has 0 N–H and O–H groups in total. The molecule has 0 fully saturated rings. The number of hydrogen-bond acceptors (Lipinski definition) is 4. The van der Waals surface area contributed by atoms with Gasteiger partial charge in [0.25, 0.3) is 5.91 Å². The lowest BCUT2D eigenvalue weighted by atomic mass is 9.71. The maximum absolute atomic E-state index is 13.9. The van der Waals surface area contributed by atoms with Crippen molar-refractivity contribution in [3.05, 3.63) is 112 Å². The van der Waals surface area contributed by atoms with Gasteiger partial charge < -0.3 is 4.74 Å². The van der Waals surface area contributed by atoms with Crippen molar-refractivity contribution in [1.82, 2.24) is 4.90 Å². The van der Waals surface area contributed by atoms with E-state index in [-0.39, 0.29) is 12.5 Å². The SMILES string of the molecule is CCOC(=O)c1ccccc1[C@@H](C)[C@@]1(C#N)c2ccccc2C=CN1C(=O)c1ccccc1C. The Hall–Kier alpha value is -4.17. The van der Waals surface area contributed by atoms with Crippen molar-refractivity contribution in [2.24, 2.45) is 0 Å². The molecule has 0 saturated carbocycles. The summed E-state index contributed by atoms with van der Waals surface area (Å²) in [5.74, 6) is -1.27. The molecule has 170 valence electrons. The highest BCUT2D eigenvalue weighted by atomic mass is 16.5. The van der Waals surface area contributed by atoms with Gasteiger partial charge in [0.1, 0.15) is 0 Å². The predicted molar refractivity (Wildman–Crippen MR) is 131 cm³/mol. The molecule has 1 heterocycles. The van der Waals surface area contributed by atoms with Crippen LogP contribution in [0.3, 0.4) is 0 Å². The second-order valence-electron chi connectivity index (χ2n) is 8.30. The molecule has 1 aliphatic heterocycles. The summed E-state index contributed by atoms with van der Waals surface area (Å²) in [6.07, 6.45) is 3.54. The van der Waals surface area contributed by atoms with E-state index in [1.807, 2.05) is 74.5 Å². The van der Waals surface area contributed by atoms with Crippen molar-refractivity contribution in [3.63, 3.8) is 0 Å². The van der Waals surface area contributed by atoms with Crippen LogP contribution in [0.25, 0.3) is 6.08 Å². The Morgan fingerprint density at radius 1 is 1.00 bits per heavy atom. The number of benzene rings is 3. The van der Waals surface area contributed by atoms with Crippen LogP contribution in [0.4, 0.5) is 0 Å². The summed E-state index contributed by atoms with van der Waals surface area (Å²) >= 11 is 0. The molecular weight excluding hydrogens is 424 g/mol. The van der Waals surface area contributed by atoms with E-state index in [1.54, 1.807) is 31.3 Å². The van der Waals surface area contributed by atoms with Crippen molar-refractivity contribution in [2.45, 2.75) is 32.2 Å². The highest BCUT2D eigenvalue weighted by Gasteiger charge is 2.50. The van der Waals surface area contributed by atoms with Crippen LogP contribution in [0.15, 0.2) is 79.0 Å². The Bertz CT molecular complexity index is 1320. The van der Waals surface area contributed by atoms with E-state index in [1.165, 1.54) is 4.90 Å². The quantitative estimate of drug-likeness (QED) is 0.459. The average molecular weight is 451 g/mol. The zero-order valence-electron chi connectivity index (χ0n) is 19.5. The van der Waals surface area contributed by atoms with E-state index in [0.29, 0.717) is 22.3 Å². The van der Waals surface area contributed by atoms with E-state index in [4.69, 9.17) is 4.74 Å². The number of aryl methyl sites for hydroxylation is 1. The highest BCUT2D eigenvalue weighted by Crippen LogP contribution is 2.47. The number of carbonyl (C=O) groups excluding carboxylic acids is 2. The largest absolute Gasteiger partial charge is 0.462 e. The van der Waals surface area contributed by atoms with E-state index in [0.717, 1.165) is 11.1 Å². The van der Waals surface area contributed by atoms with Gasteiger partial charge in [-0.05, 0) is 48.7 Å². The molecule has 0 radical (unpaired) electrons. The number of rotatable bonds is 5. The molecule has 0 aliphatic carbocycles. The second-order valence-corrected chi connectivity index (χ2v) is 8.30. The summed E-state index contributed by atoms with van der Waals surface area (Å²) in [7, 11) is 0. The van der Waals surface area contributed by atoms with E-state index in [9.17, 15) is 14.9 Å². The monoisotopic (exact) mass is 450 g/mol. The molecule has 5 nitrogen and oxygen atoms in total. The molecule has 0 saturated heterocycles. The molecule has 0 unspecified atom stereocenters. The normalized spacial score (nSPS) is 17.4. The number of nitriles is 1. The molecule has 4 rings (SSSR count). The fourth-order valence-electron chi connectivity index (χ4n) is 4.71. The molecule has 3 aromatic carbocycles. The van der Waals surface area contributed by atoms with Gasteiger partial charge in [-0.1, -0.05) is 67.6 Å². The third-order valence-corrected chi connectivity index (χ3v) is 6.47. The summed E-state index contributed by atoms with van der Waals surface area (Å²) in [6, 6.07) is 24.5. The van der Waals surface area contributed by atoms with Crippen LogP contribution in [-0.4, -0.2) is 23.4 Å². The Morgan fingerprint density at radius 3 is 2.35 bits per heavy atom. The first kappa shape index (κ1) is 23.0. The third-order valence-electron chi connectivity index (χ3n) is 6.47. The molecule has 34 heavy (non-hydrogen) atoms. The first-order chi connectivity index (χ1) is 16.5. The van der Waals surface area contributed by atoms with Gasteiger partial charge in [-0.15, -0.1) is 0 Å². The predicted octanol–water partition coefficient (Wildman–Crippen LogP) is 5.82. The minimum atomic E-state index is -1.38. The standard InChI is InChI=1S/C29H26N2O3/c1-4-34-28(33)25-15-9-8-14-24(25)21(3)29(19-30)26-16-10-6-12-22(26)17-18-31(29)27(32)23-13-7-5-11-20(23)2/h5-18,21H,4H2,1-3H3/t21-,29+/m1/s1. The lowest BCUT2D eigenvalue weighted by Gasteiger charge is -2.44. The number of esters is 1. The Balaban J connectivity index is 1.95. The van der Waals surface area contributed by atoms with Gasteiger partial charge in [0.15, 0.2) is 5.54 Å². The molecule has 5 heteroatoms. The topological polar surface area (TPSA) is 70.4 Å². The van der Waals surface area contributed by atoms with Crippen LogP contribution < -0.4 is 0 Å². The Kier molecular flexibility index (Phi) is 6.34. The maximum atomic E-state index is 13.9. The first-order valence-corrected chi connectivity index (χ1v) is 11.3. The zero-order valence-corrected chi connectivity index (χ0v) is 19.5.